The number of nitrogens with zero attached hydrogens (tertiary/aromatic N) is 3. The third-order valence-corrected chi connectivity index (χ3v) is 10.0. The molecule has 0 aromatic carbocycles. The molecule has 154 valence electrons. The minimum Gasteiger partial charge on any atom is -0.296 e. The first-order chi connectivity index (χ1) is 12.5. The summed E-state index contributed by atoms with van der Waals surface area (Å²) < 4.78 is 8.48. The van der Waals surface area contributed by atoms with Gasteiger partial charge < -0.3 is 0 Å². The summed E-state index contributed by atoms with van der Waals surface area (Å²) in [5.41, 5.74) is 0. The maximum Gasteiger partial charge on any atom is 0.322 e. The fourth-order valence-corrected chi connectivity index (χ4v) is 10.1. The van der Waals surface area contributed by atoms with E-state index in [-0.39, 0.29) is 0 Å². The zero-order valence-electron chi connectivity index (χ0n) is 18.8. The maximum atomic E-state index is 4.62. The molecule has 4 heteroatoms. The number of rotatable bonds is 17. The van der Waals surface area contributed by atoms with Gasteiger partial charge in [-0.05, 0) is 83.0 Å². The molecule has 0 unspecified atom stereocenters. The van der Waals surface area contributed by atoms with Crippen LogP contribution in [-0.2, 0) is 0 Å². The lowest BCUT2D eigenvalue weighted by Crippen LogP contribution is -2.76. The third-order valence-electron chi connectivity index (χ3n) is 4.96. The van der Waals surface area contributed by atoms with Crippen LogP contribution in [0.2, 0.25) is 0 Å². The lowest BCUT2D eigenvalue weighted by atomic mass is 10.4. The molecule has 0 aliphatic heterocycles. The van der Waals surface area contributed by atoms with Crippen LogP contribution in [0.3, 0.4) is 0 Å². The summed E-state index contributed by atoms with van der Waals surface area (Å²) >= 11 is 0. The first kappa shape index (κ1) is 25.6. The molecule has 26 heavy (non-hydrogen) atoms. The molecule has 0 aliphatic carbocycles. The van der Waals surface area contributed by atoms with Gasteiger partial charge in [-0.15, -0.1) is 0 Å². The van der Waals surface area contributed by atoms with Crippen LogP contribution in [0.25, 0.3) is 0 Å². The second-order valence-electron chi connectivity index (χ2n) is 7.33. The van der Waals surface area contributed by atoms with Crippen molar-refractivity contribution in [2.24, 2.45) is 0 Å². The van der Waals surface area contributed by atoms with E-state index < -0.39 is 8.56 Å². The predicted octanol–water partition coefficient (Wildman–Crippen LogP) is 5.57. The molecule has 0 spiro atoms. The fourth-order valence-electron chi connectivity index (χ4n) is 4.24. The second-order valence-corrected chi connectivity index (χ2v) is 11.1. The monoisotopic (exact) mass is 381 g/mol. The van der Waals surface area contributed by atoms with E-state index in [4.69, 9.17) is 0 Å². The van der Waals surface area contributed by atoms with Gasteiger partial charge in [0.1, 0.15) is 0 Å². The molecule has 0 aromatic heterocycles. The van der Waals surface area contributed by atoms with Gasteiger partial charge in [-0.3, -0.25) is 13.7 Å². The topological polar surface area (TPSA) is 9.72 Å². The standard InChI is InChI=1S/C22H47N3Si/c1-9-16-23(17-10-2)26(22(8)15-7,24(18-11-3)19-12-4)25(20-13-5)21-14-6/h15H,7-14,16-21H2,1-6H3. The van der Waals surface area contributed by atoms with E-state index in [9.17, 15) is 0 Å². The second kappa shape index (κ2) is 14.6. The van der Waals surface area contributed by atoms with E-state index in [2.05, 4.69) is 74.5 Å². The Morgan fingerprint density at radius 2 is 0.846 bits per heavy atom. The van der Waals surface area contributed by atoms with Crippen LogP contribution in [0.15, 0.2) is 24.4 Å². The van der Waals surface area contributed by atoms with Crippen molar-refractivity contribution in [3.63, 3.8) is 0 Å². The van der Waals surface area contributed by atoms with Crippen molar-refractivity contribution in [3.8, 4) is 0 Å². The molecule has 0 N–H and O–H groups in total. The summed E-state index contributed by atoms with van der Waals surface area (Å²) in [5, 5.41) is 1.28. The Bertz CT molecular complexity index is 325. The normalized spacial score (nSPS) is 12.3. The quantitative estimate of drug-likeness (QED) is 0.241. The Kier molecular flexibility index (Phi) is 14.4. The summed E-state index contributed by atoms with van der Waals surface area (Å²) in [6.07, 6.45) is 9.22. The molecule has 0 atom stereocenters. The Labute approximate surface area is 166 Å². The number of hydrogen-bond acceptors (Lipinski definition) is 3. The summed E-state index contributed by atoms with van der Waals surface area (Å²) in [4.78, 5) is 0. The molecule has 0 radical (unpaired) electrons. The lowest BCUT2D eigenvalue weighted by Gasteiger charge is -2.55. The number of hydrogen-bond donors (Lipinski definition) is 0. The van der Waals surface area contributed by atoms with Crippen molar-refractivity contribution >= 4 is 8.56 Å². The molecule has 0 bridgehead atoms. The highest BCUT2D eigenvalue weighted by molar-refractivity contribution is 6.79. The van der Waals surface area contributed by atoms with Crippen LogP contribution in [0.5, 0.6) is 0 Å². The van der Waals surface area contributed by atoms with E-state index in [1.807, 2.05) is 0 Å². The van der Waals surface area contributed by atoms with Gasteiger partial charge in [0.2, 0.25) is 0 Å². The highest BCUT2D eigenvalue weighted by atomic mass is 28.4. The van der Waals surface area contributed by atoms with Crippen molar-refractivity contribution < 1.29 is 0 Å². The fraction of sp³-hybridized carbons (Fsp3) is 0.818. The maximum absolute atomic E-state index is 4.62. The summed E-state index contributed by atoms with van der Waals surface area (Å²) in [6, 6.07) is 0. The zero-order valence-corrected chi connectivity index (χ0v) is 19.8. The zero-order chi connectivity index (χ0) is 20.0. The molecule has 0 fully saturated rings. The van der Waals surface area contributed by atoms with Crippen LogP contribution in [0.1, 0.15) is 80.1 Å². The van der Waals surface area contributed by atoms with Crippen molar-refractivity contribution in [2.45, 2.75) is 80.1 Å². The highest BCUT2D eigenvalue weighted by Gasteiger charge is 2.51. The van der Waals surface area contributed by atoms with Crippen LogP contribution in [0.4, 0.5) is 0 Å². The minimum absolute atomic E-state index is 1.15. The van der Waals surface area contributed by atoms with Crippen LogP contribution >= 0.6 is 0 Å². The van der Waals surface area contributed by atoms with E-state index in [0.29, 0.717) is 0 Å². The first-order valence-electron chi connectivity index (χ1n) is 11.1. The van der Waals surface area contributed by atoms with E-state index in [1.165, 1.54) is 43.7 Å². The Morgan fingerprint density at radius 3 is 1.00 bits per heavy atom. The molecule has 0 aliphatic rings. The van der Waals surface area contributed by atoms with Gasteiger partial charge in [0.15, 0.2) is 0 Å². The molecular weight excluding hydrogens is 334 g/mol. The average molecular weight is 382 g/mol. The van der Waals surface area contributed by atoms with Crippen LogP contribution in [-0.4, -0.2) is 61.5 Å². The predicted molar refractivity (Wildman–Crippen MR) is 122 cm³/mol. The Balaban J connectivity index is 6.53. The summed E-state index contributed by atoms with van der Waals surface area (Å²) in [7, 11) is -2.23. The van der Waals surface area contributed by atoms with Gasteiger partial charge in [-0.2, -0.15) is 0 Å². The molecule has 0 aromatic rings. The molecule has 3 nitrogen and oxygen atoms in total. The lowest BCUT2D eigenvalue weighted by molar-refractivity contribution is 0.241. The third kappa shape index (κ3) is 6.33. The van der Waals surface area contributed by atoms with Crippen LogP contribution in [0, 0.1) is 0 Å². The van der Waals surface area contributed by atoms with Gasteiger partial charge in [-0.1, -0.05) is 60.8 Å². The van der Waals surface area contributed by atoms with E-state index >= 15 is 0 Å². The van der Waals surface area contributed by atoms with E-state index in [0.717, 1.165) is 39.3 Å². The molecule has 0 saturated carbocycles. The van der Waals surface area contributed by atoms with Gasteiger partial charge >= 0.3 is 8.56 Å². The van der Waals surface area contributed by atoms with Gasteiger partial charge in [-0.25, -0.2) is 0 Å². The first-order valence-corrected chi connectivity index (χ1v) is 13.0. The van der Waals surface area contributed by atoms with Crippen molar-refractivity contribution in [1.82, 2.24) is 13.7 Å². The highest BCUT2D eigenvalue weighted by Crippen LogP contribution is 2.30. The molecule has 0 heterocycles. The SMILES string of the molecule is C=CC(=C)[Si](N(CCC)CCC)(N(CCC)CCC)N(CCC)CCC. The average Bonchev–Trinajstić information content (AvgIpc) is 2.63. The minimum atomic E-state index is -2.23. The largest absolute Gasteiger partial charge is 0.322 e. The van der Waals surface area contributed by atoms with Gasteiger partial charge in [0, 0.05) is 0 Å². The Morgan fingerprint density at radius 1 is 0.615 bits per heavy atom. The summed E-state index contributed by atoms with van der Waals surface area (Å²) in [5.74, 6) is 0. The van der Waals surface area contributed by atoms with Crippen LogP contribution < -0.4 is 0 Å². The van der Waals surface area contributed by atoms with Crippen molar-refractivity contribution in [2.75, 3.05) is 39.3 Å². The molecule has 0 rings (SSSR count). The van der Waals surface area contributed by atoms with Crippen molar-refractivity contribution in [1.29, 1.82) is 0 Å². The van der Waals surface area contributed by atoms with Crippen molar-refractivity contribution in [3.05, 3.63) is 24.4 Å². The van der Waals surface area contributed by atoms with E-state index in [1.54, 1.807) is 0 Å². The molecule has 0 amide bonds. The molecular formula is C22H47N3Si. The number of allylic oxidation sites excluding steroid dienone is 2. The summed E-state index contributed by atoms with van der Waals surface area (Å²) in [6.45, 7) is 29.6. The van der Waals surface area contributed by atoms with Gasteiger partial charge in [0.05, 0.1) is 0 Å². The molecule has 0 saturated heterocycles. The Hall–Kier alpha value is -0.423. The smallest absolute Gasteiger partial charge is 0.296 e. The van der Waals surface area contributed by atoms with Gasteiger partial charge in [0.25, 0.3) is 0 Å².